The molecule has 2 aromatic rings. The van der Waals surface area contributed by atoms with Crippen LogP contribution in [0.25, 0.3) is 0 Å². The Morgan fingerprint density at radius 1 is 1.30 bits per heavy atom. The molecule has 1 heterocycles. The van der Waals surface area contributed by atoms with E-state index in [-0.39, 0.29) is 16.4 Å². The van der Waals surface area contributed by atoms with Gasteiger partial charge in [-0.25, -0.2) is 13.4 Å². The highest BCUT2D eigenvalue weighted by molar-refractivity contribution is 7.92. The highest BCUT2D eigenvalue weighted by Gasteiger charge is 2.18. The summed E-state index contributed by atoms with van der Waals surface area (Å²) in [5.74, 6) is 0.635. The van der Waals surface area contributed by atoms with E-state index in [1.807, 2.05) is 0 Å². The van der Waals surface area contributed by atoms with E-state index >= 15 is 0 Å². The summed E-state index contributed by atoms with van der Waals surface area (Å²) in [6, 6.07) is 7.31. The SMILES string of the molecule is COc1ccc(S(=O)(=O)Nc2ccc(Cl)cn2)c(N)c1. The molecule has 6 nitrogen and oxygen atoms in total. The van der Waals surface area contributed by atoms with Crippen molar-refractivity contribution in [3.63, 3.8) is 0 Å². The largest absolute Gasteiger partial charge is 0.497 e. The van der Waals surface area contributed by atoms with E-state index < -0.39 is 10.0 Å². The van der Waals surface area contributed by atoms with Crippen molar-refractivity contribution < 1.29 is 13.2 Å². The summed E-state index contributed by atoms with van der Waals surface area (Å²) < 4.78 is 31.7. The van der Waals surface area contributed by atoms with Crippen molar-refractivity contribution in [1.29, 1.82) is 0 Å². The molecule has 20 heavy (non-hydrogen) atoms. The summed E-state index contributed by atoms with van der Waals surface area (Å²) in [6.07, 6.45) is 1.34. The predicted molar refractivity (Wildman–Crippen MR) is 77.5 cm³/mol. The van der Waals surface area contributed by atoms with Crippen molar-refractivity contribution in [2.75, 3.05) is 17.6 Å². The molecule has 106 valence electrons. The van der Waals surface area contributed by atoms with Crippen LogP contribution in [0.2, 0.25) is 5.02 Å². The maximum Gasteiger partial charge on any atom is 0.265 e. The fraction of sp³-hybridized carbons (Fsp3) is 0.0833. The fourth-order valence-electron chi connectivity index (χ4n) is 1.53. The molecule has 8 heteroatoms. The zero-order valence-corrected chi connectivity index (χ0v) is 12.1. The maximum absolute atomic E-state index is 12.2. The van der Waals surface area contributed by atoms with Crippen molar-refractivity contribution >= 4 is 33.1 Å². The molecule has 3 N–H and O–H groups in total. The summed E-state index contributed by atoms with van der Waals surface area (Å²) >= 11 is 5.68. The number of hydrogen-bond acceptors (Lipinski definition) is 5. The Bertz CT molecular complexity index is 717. The van der Waals surface area contributed by atoms with Gasteiger partial charge in [-0.05, 0) is 24.3 Å². The molecule has 0 unspecified atom stereocenters. The summed E-state index contributed by atoms with van der Waals surface area (Å²) in [5, 5.41) is 0.414. The van der Waals surface area contributed by atoms with Gasteiger partial charge in [0, 0.05) is 12.3 Å². The van der Waals surface area contributed by atoms with Gasteiger partial charge in [-0.15, -0.1) is 0 Å². The van der Waals surface area contributed by atoms with Crippen LogP contribution in [0.15, 0.2) is 41.4 Å². The third-order valence-electron chi connectivity index (χ3n) is 2.47. The van der Waals surface area contributed by atoms with E-state index in [1.165, 1.54) is 43.6 Å². The Morgan fingerprint density at radius 3 is 2.60 bits per heavy atom. The van der Waals surface area contributed by atoms with Crippen molar-refractivity contribution in [2.45, 2.75) is 4.90 Å². The lowest BCUT2D eigenvalue weighted by atomic mass is 10.3. The van der Waals surface area contributed by atoms with Crippen LogP contribution in [0.3, 0.4) is 0 Å². The van der Waals surface area contributed by atoms with Gasteiger partial charge in [-0.1, -0.05) is 11.6 Å². The second-order valence-electron chi connectivity index (χ2n) is 3.87. The van der Waals surface area contributed by atoms with Gasteiger partial charge in [0.1, 0.15) is 16.5 Å². The first kappa shape index (κ1) is 14.4. The molecule has 1 aromatic carbocycles. The topological polar surface area (TPSA) is 94.3 Å². The highest BCUT2D eigenvalue weighted by atomic mass is 35.5. The molecular weight excluding hydrogens is 302 g/mol. The fourth-order valence-corrected chi connectivity index (χ4v) is 2.76. The lowest BCUT2D eigenvalue weighted by Crippen LogP contribution is -2.15. The van der Waals surface area contributed by atoms with Crippen LogP contribution in [0, 0.1) is 0 Å². The van der Waals surface area contributed by atoms with E-state index in [2.05, 4.69) is 9.71 Å². The number of nitrogens with two attached hydrogens (primary N) is 1. The third-order valence-corrected chi connectivity index (χ3v) is 4.13. The summed E-state index contributed by atoms with van der Waals surface area (Å²) in [5.41, 5.74) is 5.81. The van der Waals surface area contributed by atoms with Crippen LogP contribution in [0.4, 0.5) is 11.5 Å². The minimum atomic E-state index is -3.82. The summed E-state index contributed by atoms with van der Waals surface area (Å²) in [4.78, 5) is 3.82. The molecular formula is C12H12ClN3O3S. The Kier molecular flexibility index (Phi) is 4.01. The molecule has 0 aliphatic rings. The smallest absolute Gasteiger partial charge is 0.265 e. The number of nitrogens with zero attached hydrogens (tertiary/aromatic N) is 1. The first-order valence-electron chi connectivity index (χ1n) is 5.50. The Balaban J connectivity index is 2.33. The number of ether oxygens (including phenoxy) is 1. The maximum atomic E-state index is 12.2. The lowest BCUT2D eigenvalue weighted by molar-refractivity contribution is 0.414. The van der Waals surface area contributed by atoms with Gasteiger partial charge in [0.05, 0.1) is 17.8 Å². The Hall–Kier alpha value is -1.99. The Labute approximate surface area is 121 Å². The van der Waals surface area contributed by atoms with Crippen molar-refractivity contribution in [3.8, 4) is 5.75 Å². The van der Waals surface area contributed by atoms with Crippen LogP contribution in [-0.2, 0) is 10.0 Å². The molecule has 0 amide bonds. The van der Waals surface area contributed by atoms with Crippen LogP contribution in [0.1, 0.15) is 0 Å². The molecule has 0 spiro atoms. The van der Waals surface area contributed by atoms with Crippen LogP contribution >= 0.6 is 11.6 Å². The third kappa shape index (κ3) is 3.12. The summed E-state index contributed by atoms with van der Waals surface area (Å²) in [6.45, 7) is 0. The first-order valence-corrected chi connectivity index (χ1v) is 7.36. The van der Waals surface area contributed by atoms with Gasteiger partial charge in [0.15, 0.2) is 0 Å². The molecule has 0 saturated carbocycles. The number of nitrogen functional groups attached to an aromatic ring is 1. The molecule has 0 bridgehead atoms. The number of halogens is 1. The second-order valence-corrected chi connectivity index (χ2v) is 5.96. The molecule has 2 rings (SSSR count). The molecule has 0 aliphatic heterocycles. The number of methoxy groups -OCH3 is 1. The van der Waals surface area contributed by atoms with Gasteiger partial charge >= 0.3 is 0 Å². The average molecular weight is 314 g/mol. The van der Waals surface area contributed by atoms with Crippen LogP contribution < -0.4 is 15.2 Å². The summed E-state index contributed by atoms with van der Waals surface area (Å²) in [7, 11) is -2.35. The van der Waals surface area contributed by atoms with E-state index in [4.69, 9.17) is 22.1 Å². The number of pyridine rings is 1. The van der Waals surface area contributed by atoms with Gasteiger partial charge in [0.25, 0.3) is 10.0 Å². The number of hydrogen-bond donors (Lipinski definition) is 2. The second kappa shape index (κ2) is 5.56. The predicted octanol–water partition coefficient (Wildman–Crippen LogP) is 2.13. The van der Waals surface area contributed by atoms with E-state index in [1.54, 1.807) is 0 Å². The van der Waals surface area contributed by atoms with Crippen LogP contribution in [0.5, 0.6) is 5.75 Å². The molecule has 1 aromatic heterocycles. The minimum Gasteiger partial charge on any atom is -0.497 e. The number of benzene rings is 1. The highest BCUT2D eigenvalue weighted by Crippen LogP contribution is 2.25. The Morgan fingerprint density at radius 2 is 2.05 bits per heavy atom. The quantitative estimate of drug-likeness (QED) is 0.843. The van der Waals surface area contributed by atoms with Gasteiger partial charge in [0.2, 0.25) is 0 Å². The van der Waals surface area contributed by atoms with Crippen LogP contribution in [-0.4, -0.2) is 20.5 Å². The average Bonchev–Trinajstić information content (AvgIpc) is 2.40. The van der Waals surface area contributed by atoms with Gasteiger partial charge < -0.3 is 10.5 Å². The molecule has 0 atom stereocenters. The van der Waals surface area contributed by atoms with Gasteiger partial charge in [-0.2, -0.15) is 0 Å². The van der Waals surface area contributed by atoms with E-state index in [0.717, 1.165) is 0 Å². The number of nitrogens with one attached hydrogen (secondary N) is 1. The molecule has 0 saturated heterocycles. The first-order chi connectivity index (χ1) is 9.42. The lowest BCUT2D eigenvalue weighted by Gasteiger charge is -2.10. The normalized spacial score (nSPS) is 11.1. The number of anilines is 2. The standard InChI is InChI=1S/C12H12ClN3O3S/c1-19-9-3-4-11(10(14)6-9)20(17,18)16-12-5-2-8(13)7-15-12/h2-7H,14H2,1H3,(H,15,16). The zero-order chi connectivity index (χ0) is 14.8. The van der Waals surface area contributed by atoms with E-state index in [9.17, 15) is 8.42 Å². The number of rotatable bonds is 4. The van der Waals surface area contributed by atoms with Crippen molar-refractivity contribution in [1.82, 2.24) is 4.98 Å². The minimum absolute atomic E-state index is 0.0462. The molecule has 0 fully saturated rings. The zero-order valence-electron chi connectivity index (χ0n) is 10.5. The number of sulfonamides is 1. The van der Waals surface area contributed by atoms with E-state index in [0.29, 0.717) is 10.8 Å². The van der Waals surface area contributed by atoms with Crippen molar-refractivity contribution in [3.05, 3.63) is 41.6 Å². The monoisotopic (exact) mass is 313 g/mol. The molecule has 0 radical (unpaired) electrons. The number of aromatic nitrogens is 1. The molecule has 0 aliphatic carbocycles. The van der Waals surface area contributed by atoms with Gasteiger partial charge in [-0.3, -0.25) is 4.72 Å². The van der Waals surface area contributed by atoms with Crippen molar-refractivity contribution in [2.24, 2.45) is 0 Å².